The van der Waals surface area contributed by atoms with Crippen LogP contribution in [0.3, 0.4) is 0 Å². The molecule has 0 radical (unpaired) electrons. The second kappa shape index (κ2) is 10.5. The summed E-state index contributed by atoms with van der Waals surface area (Å²) in [6.07, 6.45) is 8.43. The summed E-state index contributed by atoms with van der Waals surface area (Å²) >= 11 is 0. The van der Waals surface area contributed by atoms with Crippen molar-refractivity contribution in [2.24, 2.45) is 5.92 Å². The van der Waals surface area contributed by atoms with Crippen LogP contribution in [0, 0.1) is 5.92 Å². The molecule has 0 spiro atoms. The van der Waals surface area contributed by atoms with Crippen molar-refractivity contribution in [3.8, 4) is 5.75 Å². The molecule has 3 rings (SSSR count). The van der Waals surface area contributed by atoms with Crippen molar-refractivity contribution in [3.05, 3.63) is 29.8 Å². The number of carbonyl (C=O) groups is 2. The van der Waals surface area contributed by atoms with Crippen LogP contribution in [-0.4, -0.2) is 30.1 Å². The first-order chi connectivity index (χ1) is 14.0. The van der Waals surface area contributed by atoms with Crippen molar-refractivity contribution in [2.45, 2.75) is 89.9 Å². The van der Waals surface area contributed by atoms with E-state index in [1.807, 2.05) is 38.1 Å². The van der Waals surface area contributed by atoms with Crippen LogP contribution in [0.5, 0.6) is 5.75 Å². The SMILES string of the molecule is CC(C)NC(=O)C1CCCC(NC(=O)NCc2ccccc2OC2CCCC2)C1. The van der Waals surface area contributed by atoms with Crippen molar-refractivity contribution >= 4 is 11.9 Å². The molecule has 1 aromatic carbocycles. The van der Waals surface area contributed by atoms with E-state index in [4.69, 9.17) is 4.74 Å². The Morgan fingerprint density at radius 1 is 1.07 bits per heavy atom. The summed E-state index contributed by atoms with van der Waals surface area (Å²) in [5.74, 6) is 0.949. The molecule has 2 aliphatic carbocycles. The van der Waals surface area contributed by atoms with E-state index in [0.717, 1.165) is 43.4 Å². The molecule has 0 aliphatic heterocycles. The third kappa shape index (κ3) is 6.65. The average Bonchev–Trinajstić information content (AvgIpc) is 3.20. The van der Waals surface area contributed by atoms with Crippen molar-refractivity contribution in [2.75, 3.05) is 0 Å². The van der Waals surface area contributed by atoms with Gasteiger partial charge in [-0.15, -0.1) is 0 Å². The van der Waals surface area contributed by atoms with Gasteiger partial charge in [0.05, 0.1) is 6.10 Å². The van der Waals surface area contributed by atoms with Crippen LogP contribution in [0.1, 0.15) is 70.8 Å². The fourth-order valence-corrected chi connectivity index (χ4v) is 4.32. The first kappa shape index (κ1) is 21.5. The molecule has 29 heavy (non-hydrogen) atoms. The van der Waals surface area contributed by atoms with Crippen molar-refractivity contribution in [1.29, 1.82) is 0 Å². The normalized spacial score (nSPS) is 22.3. The number of hydrogen-bond acceptors (Lipinski definition) is 3. The van der Waals surface area contributed by atoms with Crippen LogP contribution in [0.25, 0.3) is 0 Å². The maximum atomic E-state index is 12.4. The number of nitrogens with one attached hydrogen (secondary N) is 3. The van der Waals surface area contributed by atoms with Gasteiger partial charge in [0, 0.05) is 30.1 Å². The molecule has 160 valence electrons. The molecule has 2 atom stereocenters. The topological polar surface area (TPSA) is 79.5 Å². The standard InChI is InChI=1S/C23H35N3O3/c1-16(2)25-22(27)17-9-7-10-19(14-17)26-23(28)24-15-18-8-3-6-13-21(18)29-20-11-4-5-12-20/h3,6,8,13,16-17,19-20H,4-5,7,9-12,14-15H2,1-2H3,(H,25,27)(H2,24,26,28). The molecule has 2 saturated carbocycles. The van der Waals surface area contributed by atoms with E-state index in [-0.39, 0.29) is 29.9 Å². The van der Waals surface area contributed by atoms with Crippen molar-refractivity contribution in [3.63, 3.8) is 0 Å². The van der Waals surface area contributed by atoms with Gasteiger partial charge in [0.1, 0.15) is 5.75 Å². The molecule has 6 nitrogen and oxygen atoms in total. The zero-order valence-corrected chi connectivity index (χ0v) is 17.7. The zero-order valence-electron chi connectivity index (χ0n) is 17.7. The summed E-state index contributed by atoms with van der Waals surface area (Å²) in [6.45, 7) is 4.37. The van der Waals surface area contributed by atoms with Gasteiger partial charge in [-0.1, -0.05) is 24.6 Å². The third-order valence-corrected chi connectivity index (χ3v) is 5.82. The van der Waals surface area contributed by atoms with E-state index in [2.05, 4.69) is 16.0 Å². The average molecular weight is 402 g/mol. The van der Waals surface area contributed by atoms with Gasteiger partial charge in [-0.05, 0) is 64.9 Å². The lowest BCUT2D eigenvalue weighted by atomic mass is 9.85. The van der Waals surface area contributed by atoms with Gasteiger partial charge in [-0.25, -0.2) is 4.79 Å². The van der Waals surface area contributed by atoms with Gasteiger partial charge in [0.25, 0.3) is 0 Å². The number of carbonyl (C=O) groups excluding carboxylic acids is 2. The number of amides is 3. The highest BCUT2D eigenvalue weighted by Gasteiger charge is 2.28. The predicted molar refractivity (Wildman–Crippen MR) is 114 cm³/mol. The van der Waals surface area contributed by atoms with Crippen LogP contribution < -0.4 is 20.7 Å². The summed E-state index contributed by atoms with van der Waals surface area (Å²) in [7, 11) is 0. The smallest absolute Gasteiger partial charge is 0.315 e. The Bertz CT molecular complexity index is 686. The minimum Gasteiger partial charge on any atom is -0.490 e. The Kier molecular flexibility index (Phi) is 7.78. The Hall–Kier alpha value is -2.24. The maximum absolute atomic E-state index is 12.4. The van der Waals surface area contributed by atoms with Crippen molar-refractivity contribution < 1.29 is 14.3 Å². The van der Waals surface area contributed by atoms with E-state index >= 15 is 0 Å². The third-order valence-electron chi connectivity index (χ3n) is 5.82. The highest BCUT2D eigenvalue weighted by atomic mass is 16.5. The van der Waals surface area contributed by atoms with Gasteiger partial charge < -0.3 is 20.7 Å². The number of rotatable bonds is 7. The van der Waals surface area contributed by atoms with E-state index in [1.165, 1.54) is 12.8 Å². The summed E-state index contributed by atoms with van der Waals surface area (Å²) in [6, 6.07) is 7.91. The molecule has 3 N–H and O–H groups in total. The van der Waals surface area contributed by atoms with E-state index in [0.29, 0.717) is 19.1 Å². The zero-order chi connectivity index (χ0) is 20.6. The van der Waals surface area contributed by atoms with Crippen LogP contribution in [0.4, 0.5) is 4.79 Å². The molecule has 2 unspecified atom stereocenters. The molecule has 0 aromatic heterocycles. The molecule has 0 heterocycles. The van der Waals surface area contributed by atoms with E-state index in [1.54, 1.807) is 0 Å². The molecule has 0 bridgehead atoms. The van der Waals surface area contributed by atoms with Crippen LogP contribution in [0.15, 0.2) is 24.3 Å². The second-order valence-electron chi connectivity index (χ2n) is 8.68. The van der Waals surface area contributed by atoms with Gasteiger partial charge in [-0.3, -0.25) is 4.79 Å². The number of urea groups is 1. The Labute approximate surface area is 174 Å². The van der Waals surface area contributed by atoms with Gasteiger partial charge in [0.15, 0.2) is 0 Å². The summed E-state index contributed by atoms with van der Waals surface area (Å²) in [5.41, 5.74) is 0.993. The quantitative estimate of drug-likeness (QED) is 0.648. The van der Waals surface area contributed by atoms with Crippen LogP contribution >= 0.6 is 0 Å². The predicted octanol–water partition coefficient (Wildman–Crippen LogP) is 3.89. The molecular weight excluding hydrogens is 366 g/mol. The molecule has 1 aromatic rings. The highest BCUT2D eigenvalue weighted by molar-refractivity contribution is 5.79. The van der Waals surface area contributed by atoms with Gasteiger partial charge in [-0.2, -0.15) is 0 Å². The van der Waals surface area contributed by atoms with E-state index in [9.17, 15) is 9.59 Å². The summed E-state index contributed by atoms with van der Waals surface area (Å²) < 4.78 is 6.14. The van der Waals surface area contributed by atoms with E-state index < -0.39 is 0 Å². The maximum Gasteiger partial charge on any atom is 0.315 e. The molecule has 3 amide bonds. The van der Waals surface area contributed by atoms with Crippen LogP contribution in [0.2, 0.25) is 0 Å². The second-order valence-corrected chi connectivity index (χ2v) is 8.68. The Morgan fingerprint density at radius 2 is 1.83 bits per heavy atom. The number of ether oxygens (including phenoxy) is 1. The van der Waals surface area contributed by atoms with Crippen LogP contribution in [-0.2, 0) is 11.3 Å². The lowest BCUT2D eigenvalue weighted by Gasteiger charge is -2.29. The molecular formula is C23H35N3O3. The lowest BCUT2D eigenvalue weighted by molar-refractivity contribution is -0.126. The minimum atomic E-state index is -0.185. The molecule has 2 aliphatic rings. The lowest BCUT2D eigenvalue weighted by Crippen LogP contribution is -2.46. The summed E-state index contributed by atoms with van der Waals surface area (Å²) in [5, 5.41) is 8.99. The van der Waals surface area contributed by atoms with Gasteiger partial charge >= 0.3 is 6.03 Å². The molecule has 2 fully saturated rings. The first-order valence-electron chi connectivity index (χ1n) is 11.1. The van der Waals surface area contributed by atoms with Crippen molar-refractivity contribution in [1.82, 2.24) is 16.0 Å². The largest absolute Gasteiger partial charge is 0.490 e. The van der Waals surface area contributed by atoms with Gasteiger partial charge in [0.2, 0.25) is 5.91 Å². The fraction of sp³-hybridized carbons (Fsp3) is 0.652. The molecule has 6 heteroatoms. The monoisotopic (exact) mass is 401 g/mol. The Morgan fingerprint density at radius 3 is 2.59 bits per heavy atom. The molecule has 0 saturated heterocycles. The fourth-order valence-electron chi connectivity index (χ4n) is 4.32. The number of hydrogen-bond donors (Lipinski definition) is 3. The first-order valence-corrected chi connectivity index (χ1v) is 11.1. The number of para-hydroxylation sites is 1. The minimum absolute atomic E-state index is 0.0167. The Balaban J connectivity index is 1.47. The highest BCUT2D eigenvalue weighted by Crippen LogP contribution is 2.27. The number of benzene rings is 1. The summed E-state index contributed by atoms with van der Waals surface area (Å²) in [4.78, 5) is 24.7.